The van der Waals surface area contributed by atoms with Crippen LogP contribution in [0.4, 0.5) is 5.69 Å². The standard InChI is InChI=1S/C25H28N6O2/c1-17(2)27-24(32)19-5-7-20(8-6-19)30-12-10-29(11-13-30)16-18-14-21-23(26-15-18)22-4-3-9-31(22)25(33)28-21/h3-9,14-15,17H,10-13,16H2,1-2H3,(H,27,32)(H,28,33). The number of fused-ring (bicyclic) bond motifs is 3. The largest absolute Gasteiger partial charge is 0.369 e. The highest BCUT2D eigenvalue weighted by Gasteiger charge is 2.18. The summed E-state index contributed by atoms with van der Waals surface area (Å²) in [6.45, 7) is 8.41. The fourth-order valence-corrected chi connectivity index (χ4v) is 4.41. The molecule has 1 saturated heterocycles. The van der Waals surface area contributed by atoms with Crippen LogP contribution in [-0.4, -0.2) is 57.4 Å². The minimum Gasteiger partial charge on any atom is -0.369 e. The van der Waals surface area contributed by atoms with Gasteiger partial charge in [-0.15, -0.1) is 0 Å². The predicted molar refractivity (Wildman–Crippen MR) is 130 cm³/mol. The number of H-pyrrole nitrogens is 1. The van der Waals surface area contributed by atoms with E-state index < -0.39 is 0 Å². The van der Waals surface area contributed by atoms with Gasteiger partial charge < -0.3 is 15.2 Å². The normalized spacial score (nSPS) is 14.9. The quantitative estimate of drug-likeness (QED) is 0.494. The molecule has 8 heteroatoms. The van der Waals surface area contributed by atoms with E-state index in [1.807, 2.05) is 62.5 Å². The van der Waals surface area contributed by atoms with Gasteiger partial charge in [-0.05, 0) is 61.9 Å². The van der Waals surface area contributed by atoms with Crippen molar-refractivity contribution >= 4 is 28.1 Å². The Labute approximate surface area is 191 Å². The number of aromatic nitrogens is 3. The molecule has 1 fully saturated rings. The minimum absolute atomic E-state index is 0.0376. The number of carbonyl (C=O) groups excluding carboxylic acids is 1. The number of anilines is 1. The average molecular weight is 445 g/mol. The molecule has 33 heavy (non-hydrogen) atoms. The zero-order valence-corrected chi connectivity index (χ0v) is 18.9. The lowest BCUT2D eigenvalue weighted by atomic mass is 10.1. The molecule has 3 aromatic heterocycles. The van der Waals surface area contributed by atoms with Crippen molar-refractivity contribution in [2.24, 2.45) is 0 Å². The van der Waals surface area contributed by atoms with Gasteiger partial charge in [0.25, 0.3) is 5.91 Å². The van der Waals surface area contributed by atoms with Gasteiger partial charge in [-0.25, -0.2) is 4.79 Å². The highest BCUT2D eigenvalue weighted by Crippen LogP contribution is 2.20. The van der Waals surface area contributed by atoms with Crippen LogP contribution in [0, 0.1) is 0 Å². The first-order valence-corrected chi connectivity index (χ1v) is 11.3. The van der Waals surface area contributed by atoms with Crippen LogP contribution in [0.25, 0.3) is 16.6 Å². The Bertz CT molecular complexity index is 1350. The second-order valence-electron chi connectivity index (χ2n) is 8.87. The number of benzene rings is 1. The number of nitrogens with zero attached hydrogens (tertiary/aromatic N) is 4. The summed E-state index contributed by atoms with van der Waals surface area (Å²) in [5, 5.41) is 2.92. The lowest BCUT2D eigenvalue weighted by molar-refractivity contribution is 0.0943. The van der Waals surface area contributed by atoms with Crippen LogP contribution in [0.15, 0.2) is 59.7 Å². The first-order valence-electron chi connectivity index (χ1n) is 11.3. The first-order chi connectivity index (χ1) is 16.0. The van der Waals surface area contributed by atoms with E-state index in [0.29, 0.717) is 5.56 Å². The van der Waals surface area contributed by atoms with Crippen LogP contribution in [0.1, 0.15) is 29.8 Å². The van der Waals surface area contributed by atoms with E-state index in [2.05, 4.69) is 25.1 Å². The molecule has 5 rings (SSSR count). The monoisotopic (exact) mass is 444 g/mol. The van der Waals surface area contributed by atoms with Gasteiger partial charge >= 0.3 is 5.69 Å². The van der Waals surface area contributed by atoms with Gasteiger partial charge in [0.2, 0.25) is 0 Å². The third kappa shape index (κ3) is 4.34. The van der Waals surface area contributed by atoms with E-state index in [4.69, 9.17) is 0 Å². The maximum Gasteiger partial charge on any atom is 0.330 e. The Morgan fingerprint density at radius 2 is 1.88 bits per heavy atom. The number of pyridine rings is 1. The maximum absolute atomic E-state index is 12.3. The predicted octanol–water partition coefficient (Wildman–Crippen LogP) is 2.64. The van der Waals surface area contributed by atoms with Crippen molar-refractivity contribution in [1.29, 1.82) is 0 Å². The van der Waals surface area contributed by atoms with Gasteiger partial charge in [0, 0.05) is 62.4 Å². The van der Waals surface area contributed by atoms with E-state index >= 15 is 0 Å². The van der Waals surface area contributed by atoms with Gasteiger partial charge in [-0.3, -0.25) is 19.1 Å². The van der Waals surface area contributed by atoms with Crippen molar-refractivity contribution in [3.8, 4) is 0 Å². The Kier molecular flexibility index (Phi) is 5.60. The van der Waals surface area contributed by atoms with Gasteiger partial charge in [0.15, 0.2) is 0 Å². The van der Waals surface area contributed by atoms with Gasteiger partial charge in [0.05, 0.1) is 11.0 Å². The van der Waals surface area contributed by atoms with Gasteiger partial charge in [-0.1, -0.05) is 0 Å². The van der Waals surface area contributed by atoms with Crippen LogP contribution in [0.5, 0.6) is 0 Å². The minimum atomic E-state index is -0.150. The van der Waals surface area contributed by atoms with E-state index in [1.165, 1.54) is 0 Å². The molecule has 0 unspecified atom stereocenters. The topological polar surface area (TPSA) is 85.7 Å². The third-order valence-corrected chi connectivity index (χ3v) is 6.09. The van der Waals surface area contributed by atoms with Crippen LogP contribution in [0.2, 0.25) is 0 Å². The van der Waals surface area contributed by atoms with Crippen molar-refractivity contribution < 1.29 is 4.79 Å². The molecule has 0 atom stereocenters. The number of rotatable bonds is 5. The number of nitrogens with one attached hydrogen (secondary N) is 2. The SMILES string of the molecule is CC(C)NC(=O)c1ccc(N2CCN(Cc3cnc4c(c3)[nH]c(=O)n3cccc43)CC2)cc1. The Hall–Kier alpha value is -3.65. The molecule has 0 saturated carbocycles. The fourth-order valence-electron chi connectivity index (χ4n) is 4.41. The van der Waals surface area contributed by atoms with Crippen LogP contribution < -0.4 is 15.9 Å². The molecular weight excluding hydrogens is 416 g/mol. The van der Waals surface area contributed by atoms with Crippen LogP contribution in [0.3, 0.4) is 0 Å². The summed E-state index contributed by atoms with van der Waals surface area (Å²) in [4.78, 5) is 36.7. The summed E-state index contributed by atoms with van der Waals surface area (Å²) in [7, 11) is 0. The summed E-state index contributed by atoms with van der Waals surface area (Å²) >= 11 is 0. The number of carbonyl (C=O) groups is 1. The van der Waals surface area contributed by atoms with E-state index in [9.17, 15) is 9.59 Å². The van der Waals surface area contributed by atoms with Crippen LogP contribution in [-0.2, 0) is 6.54 Å². The molecule has 1 aliphatic rings. The molecule has 0 bridgehead atoms. The second kappa shape index (κ2) is 8.71. The first kappa shape index (κ1) is 21.2. The number of hydrogen-bond acceptors (Lipinski definition) is 5. The molecule has 1 aliphatic heterocycles. The number of aromatic amines is 1. The number of amides is 1. The highest BCUT2D eigenvalue weighted by atomic mass is 16.2. The molecule has 0 aliphatic carbocycles. The van der Waals surface area contributed by atoms with Crippen molar-refractivity contribution in [2.75, 3.05) is 31.1 Å². The molecule has 8 nitrogen and oxygen atoms in total. The Morgan fingerprint density at radius 1 is 1.12 bits per heavy atom. The van der Waals surface area contributed by atoms with Gasteiger partial charge in [0.1, 0.15) is 5.52 Å². The second-order valence-corrected chi connectivity index (χ2v) is 8.87. The van der Waals surface area contributed by atoms with E-state index in [-0.39, 0.29) is 17.6 Å². The molecule has 4 aromatic rings. The van der Waals surface area contributed by atoms with Gasteiger partial charge in [-0.2, -0.15) is 0 Å². The third-order valence-electron chi connectivity index (χ3n) is 6.09. The summed E-state index contributed by atoms with van der Waals surface area (Å²) in [6, 6.07) is 13.8. The molecule has 1 aromatic carbocycles. The maximum atomic E-state index is 12.3. The summed E-state index contributed by atoms with van der Waals surface area (Å²) in [5.74, 6) is -0.0376. The van der Waals surface area contributed by atoms with Crippen molar-refractivity contribution in [2.45, 2.75) is 26.4 Å². The van der Waals surface area contributed by atoms with Crippen molar-refractivity contribution in [3.05, 3.63) is 76.5 Å². The van der Waals surface area contributed by atoms with Crippen molar-refractivity contribution in [1.82, 2.24) is 24.6 Å². The summed E-state index contributed by atoms with van der Waals surface area (Å²) < 4.78 is 1.58. The van der Waals surface area contributed by atoms with E-state index in [0.717, 1.165) is 60.5 Å². The average Bonchev–Trinajstić information content (AvgIpc) is 3.30. The molecule has 0 radical (unpaired) electrons. The lowest BCUT2D eigenvalue weighted by Crippen LogP contribution is -2.46. The number of hydrogen-bond donors (Lipinski definition) is 2. The molecule has 2 N–H and O–H groups in total. The van der Waals surface area contributed by atoms with Crippen molar-refractivity contribution in [3.63, 3.8) is 0 Å². The molecule has 170 valence electrons. The van der Waals surface area contributed by atoms with E-state index in [1.54, 1.807) is 10.6 Å². The molecule has 4 heterocycles. The lowest BCUT2D eigenvalue weighted by Gasteiger charge is -2.36. The molecule has 1 amide bonds. The highest BCUT2D eigenvalue weighted by molar-refractivity contribution is 5.94. The fraction of sp³-hybridized carbons (Fsp3) is 0.320. The Balaban J connectivity index is 1.22. The zero-order chi connectivity index (χ0) is 22.9. The summed E-state index contributed by atoms with van der Waals surface area (Å²) in [6.07, 6.45) is 3.65. The van der Waals surface area contributed by atoms with Crippen LogP contribution >= 0.6 is 0 Å². The zero-order valence-electron chi connectivity index (χ0n) is 18.9. The Morgan fingerprint density at radius 3 is 2.61 bits per heavy atom. The molecule has 0 spiro atoms. The molecular formula is C25H28N6O2. The smallest absolute Gasteiger partial charge is 0.330 e. The summed E-state index contributed by atoms with van der Waals surface area (Å²) in [5.41, 5.74) is 5.15. The number of piperazine rings is 1.